The molecular weight excluding hydrogens is 406 g/mol. The highest BCUT2D eigenvalue weighted by atomic mass is 79.9. The highest BCUT2D eigenvalue weighted by molar-refractivity contribution is 9.10. The molecule has 3 aromatic carbocycles. The molecule has 0 saturated heterocycles. The molecule has 0 heterocycles. The van der Waals surface area contributed by atoms with Crippen molar-refractivity contribution in [1.29, 1.82) is 0 Å². The van der Waals surface area contributed by atoms with Crippen LogP contribution in [-0.4, -0.2) is 12.1 Å². The molecule has 0 saturated carbocycles. The summed E-state index contributed by atoms with van der Waals surface area (Å²) >= 11 is 3.44. The summed E-state index contributed by atoms with van der Waals surface area (Å²) in [4.78, 5) is 12.1. The molecular formula is C21H18BrN3O2. The maximum Gasteiger partial charge on any atom is 0.271 e. The van der Waals surface area contributed by atoms with E-state index in [0.717, 1.165) is 15.6 Å². The Morgan fingerprint density at radius 3 is 2.56 bits per heavy atom. The molecule has 3 N–H and O–H groups in total. The molecule has 0 fully saturated rings. The summed E-state index contributed by atoms with van der Waals surface area (Å²) < 4.78 is 6.78. The minimum absolute atomic E-state index is 0.312. The van der Waals surface area contributed by atoms with Gasteiger partial charge in [0.05, 0.1) is 6.21 Å². The van der Waals surface area contributed by atoms with E-state index in [2.05, 4.69) is 26.5 Å². The van der Waals surface area contributed by atoms with Crippen LogP contribution in [0.25, 0.3) is 0 Å². The van der Waals surface area contributed by atoms with Crippen molar-refractivity contribution >= 4 is 33.7 Å². The van der Waals surface area contributed by atoms with Gasteiger partial charge in [-0.2, -0.15) is 5.10 Å². The third-order valence-corrected chi connectivity index (χ3v) is 4.24. The first-order chi connectivity index (χ1) is 13.1. The van der Waals surface area contributed by atoms with Gasteiger partial charge in [-0.1, -0.05) is 46.3 Å². The molecule has 1 amide bonds. The quantitative estimate of drug-likeness (QED) is 0.351. The van der Waals surface area contributed by atoms with Gasteiger partial charge in [0.2, 0.25) is 0 Å². The van der Waals surface area contributed by atoms with E-state index in [9.17, 15) is 4.79 Å². The van der Waals surface area contributed by atoms with Crippen molar-refractivity contribution in [1.82, 2.24) is 5.43 Å². The van der Waals surface area contributed by atoms with Crippen molar-refractivity contribution in [3.8, 4) is 5.75 Å². The molecule has 5 nitrogen and oxygen atoms in total. The van der Waals surface area contributed by atoms with Gasteiger partial charge in [-0.05, 0) is 48.0 Å². The smallest absolute Gasteiger partial charge is 0.271 e. The number of anilines is 1. The SMILES string of the molecule is Nc1ccc(C(=O)N/N=C/c2cc(Br)ccc2OCc2ccccc2)cc1. The molecule has 0 atom stereocenters. The minimum atomic E-state index is -0.312. The fourth-order valence-electron chi connectivity index (χ4n) is 2.35. The second-order valence-corrected chi connectivity index (χ2v) is 6.69. The predicted octanol–water partition coefficient (Wildman–Crippen LogP) is 4.37. The molecule has 0 aliphatic rings. The zero-order chi connectivity index (χ0) is 19.1. The number of carbonyl (C=O) groups excluding carboxylic acids is 1. The number of benzene rings is 3. The number of nitrogens with zero attached hydrogens (tertiary/aromatic N) is 1. The van der Waals surface area contributed by atoms with E-state index in [4.69, 9.17) is 10.5 Å². The van der Waals surface area contributed by atoms with E-state index < -0.39 is 0 Å². The average Bonchev–Trinajstić information content (AvgIpc) is 2.68. The Hall–Kier alpha value is -3.12. The molecule has 0 spiro atoms. The lowest BCUT2D eigenvalue weighted by Crippen LogP contribution is -2.17. The summed E-state index contributed by atoms with van der Waals surface area (Å²) in [6.07, 6.45) is 1.56. The molecule has 0 radical (unpaired) electrons. The van der Waals surface area contributed by atoms with Crippen LogP contribution in [0.4, 0.5) is 5.69 Å². The first-order valence-corrected chi connectivity index (χ1v) is 9.06. The van der Waals surface area contributed by atoms with Crippen LogP contribution in [0.3, 0.4) is 0 Å². The number of hydrogen-bond acceptors (Lipinski definition) is 4. The molecule has 3 rings (SSSR count). The van der Waals surface area contributed by atoms with E-state index >= 15 is 0 Å². The summed E-state index contributed by atoms with van der Waals surface area (Å²) in [7, 11) is 0. The van der Waals surface area contributed by atoms with Crippen molar-refractivity contribution < 1.29 is 9.53 Å². The Morgan fingerprint density at radius 2 is 1.81 bits per heavy atom. The van der Waals surface area contributed by atoms with Gasteiger partial charge in [0.25, 0.3) is 5.91 Å². The van der Waals surface area contributed by atoms with Crippen LogP contribution in [0.15, 0.2) is 82.4 Å². The summed E-state index contributed by atoms with van der Waals surface area (Å²) in [5.74, 6) is 0.362. The van der Waals surface area contributed by atoms with Gasteiger partial charge < -0.3 is 10.5 Å². The van der Waals surface area contributed by atoms with E-state index in [1.54, 1.807) is 30.5 Å². The van der Waals surface area contributed by atoms with Crippen LogP contribution >= 0.6 is 15.9 Å². The van der Waals surface area contributed by atoms with Crippen LogP contribution in [0.5, 0.6) is 5.75 Å². The first kappa shape index (κ1) is 18.7. The number of ether oxygens (including phenoxy) is 1. The van der Waals surface area contributed by atoms with E-state index in [1.165, 1.54) is 0 Å². The van der Waals surface area contributed by atoms with Gasteiger partial charge in [0, 0.05) is 21.3 Å². The fraction of sp³-hybridized carbons (Fsp3) is 0.0476. The molecule has 0 aliphatic carbocycles. The van der Waals surface area contributed by atoms with Crippen molar-refractivity contribution in [2.24, 2.45) is 5.10 Å². The third kappa shape index (κ3) is 5.43. The normalized spacial score (nSPS) is 10.7. The largest absolute Gasteiger partial charge is 0.488 e. The standard InChI is InChI=1S/C21H18BrN3O2/c22-18-8-11-20(27-14-15-4-2-1-3-5-15)17(12-18)13-24-25-21(26)16-6-9-19(23)10-7-16/h1-13H,14,23H2,(H,25,26)/b24-13+. The third-order valence-electron chi connectivity index (χ3n) is 3.75. The second-order valence-electron chi connectivity index (χ2n) is 5.78. The summed E-state index contributed by atoms with van der Waals surface area (Å²) in [6.45, 7) is 0.446. The highest BCUT2D eigenvalue weighted by Gasteiger charge is 2.06. The maximum atomic E-state index is 12.1. The molecule has 3 aromatic rings. The van der Waals surface area contributed by atoms with Gasteiger partial charge in [-0.3, -0.25) is 4.79 Å². The van der Waals surface area contributed by atoms with Gasteiger partial charge in [-0.25, -0.2) is 5.43 Å². The Labute approximate surface area is 166 Å². The zero-order valence-electron chi connectivity index (χ0n) is 14.4. The number of carbonyl (C=O) groups is 1. The van der Waals surface area contributed by atoms with Gasteiger partial charge >= 0.3 is 0 Å². The van der Waals surface area contributed by atoms with Crippen LogP contribution in [0.1, 0.15) is 21.5 Å². The van der Waals surface area contributed by atoms with Gasteiger partial charge in [-0.15, -0.1) is 0 Å². The Morgan fingerprint density at radius 1 is 1.07 bits per heavy atom. The number of nitrogens with two attached hydrogens (primary N) is 1. The number of halogens is 1. The molecule has 136 valence electrons. The van der Waals surface area contributed by atoms with Gasteiger partial charge in [0.15, 0.2) is 0 Å². The Bertz CT molecular complexity index is 941. The monoisotopic (exact) mass is 423 g/mol. The highest BCUT2D eigenvalue weighted by Crippen LogP contribution is 2.22. The Kier molecular flexibility index (Phi) is 6.22. The van der Waals surface area contributed by atoms with Crippen LogP contribution < -0.4 is 15.9 Å². The zero-order valence-corrected chi connectivity index (χ0v) is 16.0. The van der Waals surface area contributed by atoms with Crippen molar-refractivity contribution in [2.75, 3.05) is 5.73 Å². The number of hydrazone groups is 1. The number of nitrogen functional groups attached to an aromatic ring is 1. The topological polar surface area (TPSA) is 76.7 Å². The van der Waals surface area contributed by atoms with Crippen molar-refractivity contribution in [2.45, 2.75) is 6.61 Å². The molecule has 0 aromatic heterocycles. The van der Waals surface area contributed by atoms with Crippen molar-refractivity contribution in [3.63, 3.8) is 0 Å². The van der Waals surface area contributed by atoms with Crippen LogP contribution in [0, 0.1) is 0 Å². The van der Waals surface area contributed by atoms with E-state index in [1.807, 2.05) is 48.5 Å². The molecule has 0 aliphatic heterocycles. The molecule has 0 bridgehead atoms. The fourth-order valence-corrected chi connectivity index (χ4v) is 2.73. The number of nitrogens with one attached hydrogen (secondary N) is 1. The molecule has 27 heavy (non-hydrogen) atoms. The summed E-state index contributed by atoms with van der Waals surface area (Å²) in [5.41, 5.74) is 11.0. The minimum Gasteiger partial charge on any atom is -0.488 e. The second kappa shape index (κ2) is 9.00. The predicted molar refractivity (Wildman–Crippen MR) is 111 cm³/mol. The van der Waals surface area contributed by atoms with Gasteiger partial charge in [0.1, 0.15) is 12.4 Å². The maximum absolute atomic E-state index is 12.1. The van der Waals surface area contributed by atoms with E-state index in [0.29, 0.717) is 23.6 Å². The molecule has 0 unspecified atom stereocenters. The van der Waals surface area contributed by atoms with E-state index in [-0.39, 0.29) is 5.91 Å². The summed E-state index contributed by atoms with van der Waals surface area (Å²) in [5, 5.41) is 4.04. The lowest BCUT2D eigenvalue weighted by Gasteiger charge is -2.09. The first-order valence-electron chi connectivity index (χ1n) is 8.27. The van der Waals surface area contributed by atoms with Crippen molar-refractivity contribution in [3.05, 3.63) is 94.0 Å². The van der Waals surface area contributed by atoms with Crippen LogP contribution in [-0.2, 0) is 6.61 Å². The number of amides is 1. The molecule has 6 heteroatoms. The van der Waals surface area contributed by atoms with Crippen LogP contribution in [0.2, 0.25) is 0 Å². The Balaban J connectivity index is 1.68. The lowest BCUT2D eigenvalue weighted by atomic mass is 10.2. The number of rotatable bonds is 6. The number of hydrogen-bond donors (Lipinski definition) is 2. The summed E-state index contributed by atoms with van der Waals surface area (Å²) in [6, 6.07) is 22.2. The average molecular weight is 424 g/mol. The lowest BCUT2D eigenvalue weighted by molar-refractivity contribution is 0.0955.